The summed E-state index contributed by atoms with van der Waals surface area (Å²) in [5.41, 5.74) is 9.38. The van der Waals surface area contributed by atoms with Crippen molar-refractivity contribution in [3.8, 4) is 6.01 Å². The van der Waals surface area contributed by atoms with Crippen molar-refractivity contribution in [1.82, 2.24) is 19.4 Å². The van der Waals surface area contributed by atoms with E-state index >= 15 is 0 Å². The molecule has 0 bridgehead atoms. The number of likely N-dealkylation sites (tertiary alicyclic amines) is 1. The van der Waals surface area contributed by atoms with Crippen LogP contribution in [0.4, 0.5) is 5.82 Å². The van der Waals surface area contributed by atoms with Gasteiger partial charge in [0.1, 0.15) is 18.1 Å². The minimum absolute atomic E-state index is 0.153. The summed E-state index contributed by atoms with van der Waals surface area (Å²) in [6, 6.07) is 10.9. The summed E-state index contributed by atoms with van der Waals surface area (Å²) in [6.07, 6.45) is 4.67. The topological polar surface area (TPSA) is 89.4 Å². The van der Waals surface area contributed by atoms with E-state index in [-0.39, 0.29) is 12.6 Å². The first kappa shape index (κ1) is 19.7. The molecular weight excluding hydrogens is 366 g/mol. The molecule has 3 N–H and O–H groups in total. The zero-order chi connectivity index (χ0) is 20.2. The highest BCUT2D eigenvalue weighted by Crippen LogP contribution is 2.23. The lowest BCUT2D eigenvalue weighted by Crippen LogP contribution is -2.18. The van der Waals surface area contributed by atoms with Crippen molar-refractivity contribution in [1.29, 1.82) is 0 Å². The molecule has 1 saturated heterocycles. The predicted octanol–water partition coefficient (Wildman–Crippen LogP) is 2.81. The number of benzene rings is 1. The van der Waals surface area contributed by atoms with Crippen molar-refractivity contribution in [2.75, 3.05) is 25.4 Å². The number of nitrogen functional groups attached to an aromatic ring is 1. The number of nitrogens with zero attached hydrogens (tertiary/aromatic N) is 4. The van der Waals surface area contributed by atoms with Gasteiger partial charge in [0.15, 0.2) is 0 Å². The van der Waals surface area contributed by atoms with Crippen LogP contribution in [0.2, 0.25) is 0 Å². The Hall–Kier alpha value is -2.64. The minimum Gasteiger partial charge on any atom is -0.461 e. The Balaban J connectivity index is 1.49. The normalized spacial score (nSPS) is 15.8. The van der Waals surface area contributed by atoms with Crippen LogP contribution < -0.4 is 10.5 Å². The lowest BCUT2D eigenvalue weighted by Gasteiger charge is -2.15. The highest BCUT2D eigenvalue weighted by Gasteiger charge is 2.13. The molecule has 1 aromatic carbocycles. The van der Waals surface area contributed by atoms with Crippen LogP contribution in [0.3, 0.4) is 0 Å². The zero-order valence-electron chi connectivity index (χ0n) is 16.9. The minimum atomic E-state index is -0.540. The molecule has 7 heteroatoms. The average Bonchev–Trinajstić information content (AvgIpc) is 3.38. The molecule has 3 aromatic rings. The maximum absolute atomic E-state index is 9.70. The second-order valence-corrected chi connectivity index (χ2v) is 7.75. The number of aromatic nitrogens is 3. The van der Waals surface area contributed by atoms with E-state index in [1.807, 2.05) is 23.8 Å². The molecule has 1 fully saturated rings. The van der Waals surface area contributed by atoms with Crippen molar-refractivity contribution in [2.24, 2.45) is 0 Å². The molecule has 4 rings (SSSR count). The number of anilines is 1. The maximum atomic E-state index is 9.70. The molecule has 0 saturated carbocycles. The quantitative estimate of drug-likeness (QED) is 0.610. The third-order valence-electron chi connectivity index (χ3n) is 5.48. The molecule has 0 unspecified atom stereocenters. The summed E-state index contributed by atoms with van der Waals surface area (Å²) in [7, 11) is 0. The fourth-order valence-corrected chi connectivity index (χ4v) is 3.69. The van der Waals surface area contributed by atoms with Gasteiger partial charge in [-0.1, -0.05) is 31.2 Å². The number of nitrogens with two attached hydrogens (primary N) is 1. The van der Waals surface area contributed by atoms with Crippen LogP contribution in [0.25, 0.3) is 11.0 Å². The lowest BCUT2D eigenvalue weighted by atomic mass is 10.1. The van der Waals surface area contributed by atoms with E-state index in [2.05, 4.69) is 39.1 Å². The van der Waals surface area contributed by atoms with Gasteiger partial charge >= 0.3 is 6.01 Å². The average molecular weight is 396 g/mol. The molecule has 0 spiro atoms. The third kappa shape index (κ3) is 4.68. The summed E-state index contributed by atoms with van der Waals surface area (Å²) in [5.74, 6) is 0.385. The van der Waals surface area contributed by atoms with Gasteiger partial charge in [0, 0.05) is 19.3 Å². The number of ether oxygens (including phenoxy) is 1. The van der Waals surface area contributed by atoms with E-state index in [0.717, 1.165) is 17.6 Å². The van der Waals surface area contributed by atoms with Crippen LogP contribution in [0.1, 0.15) is 37.3 Å². The molecule has 154 valence electrons. The van der Waals surface area contributed by atoms with Crippen LogP contribution in [0, 0.1) is 0 Å². The molecule has 3 heterocycles. The molecule has 0 radical (unpaired) electrons. The van der Waals surface area contributed by atoms with Crippen molar-refractivity contribution in [3.05, 3.63) is 47.7 Å². The molecule has 1 atom stereocenters. The molecule has 0 amide bonds. The van der Waals surface area contributed by atoms with Gasteiger partial charge in [-0.2, -0.15) is 9.97 Å². The van der Waals surface area contributed by atoms with Gasteiger partial charge in [0.2, 0.25) is 0 Å². The number of rotatable bonds is 8. The smallest absolute Gasteiger partial charge is 0.320 e. The second kappa shape index (κ2) is 8.80. The number of aliphatic hydroxyl groups excluding tert-OH is 1. The monoisotopic (exact) mass is 395 g/mol. The highest BCUT2D eigenvalue weighted by molar-refractivity contribution is 5.86. The van der Waals surface area contributed by atoms with Crippen LogP contribution >= 0.6 is 0 Å². The van der Waals surface area contributed by atoms with Crippen molar-refractivity contribution in [3.63, 3.8) is 0 Å². The first-order chi connectivity index (χ1) is 14.1. The fourth-order valence-electron chi connectivity index (χ4n) is 3.69. The Labute approximate surface area is 171 Å². The van der Waals surface area contributed by atoms with Gasteiger partial charge in [-0.15, -0.1) is 0 Å². The van der Waals surface area contributed by atoms with Crippen molar-refractivity contribution < 1.29 is 9.84 Å². The first-order valence-electron chi connectivity index (χ1n) is 10.4. The summed E-state index contributed by atoms with van der Waals surface area (Å²) in [6.45, 7) is 6.19. The Morgan fingerprint density at radius 2 is 1.76 bits per heavy atom. The van der Waals surface area contributed by atoms with Gasteiger partial charge in [0.05, 0.1) is 11.5 Å². The Morgan fingerprint density at radius 1 is 1.07 bits per heavy atom. The molecular formula is C22H29N5O2. The van der Waals surface area contributed by atoms with E-state index < -0.39 is 6.10 Å². The lowest BCUT2D eigenvalue weighted by molar-refractivity contribution is 0.0992. The van der Waals surface area contributed by atoms with Crippen LogP contribution in [0.5, 0.6) is 6.01 Å². The summed E-state index contributed by atoms with van der Waals surface area (Å²) >= 11 is 0. The van der Waals surface area contributed by atoms with Gasteiger partial charge in [-0.3, -0.25) is 4.90 Å². The van der Waals surface area contributed by atoms with Crippen LogP contribution in [-0.4, -0.2) is 50.3 Å². The second-order valence-electron chi connectivity index (χ2n) is 7.75. The number of hydrogen-bond donors (Lipinski definition) is 2. The van der Waals surface area contributed by atoms with Crippen LogP contribution in [0.15, 0.2) is 36.5 Å². The van der Waals surface area contributed by atoms with E-state index in [1.165, 1.54) is 37.1 Å². The summed E-state index contributed by atoms with van der Waals surface area (Å²) in [5, 5.41) is 10.5. The number of aliphatic hydroxyl groups is 1. The van der Waals surface area contributed by atoms with Gasteiger partial charge in [-0.25, -0.2) is 0 Å². The van der Waals surface area contributed by atoms with E-state index in [0.29, 0.717) is 18.8 Å². The molecule has 0 aliphatic carbocycles. The van der Waals surface area contributed by atoms with Crippen LogP contribution in [-0.2, 0) is 13.1 Å². The molecule has 7 nitrogen and oxygen atoms in total. The van der Waals surface area contributed by atoms with Gasteiger partial charge in [0.25, 0.3) is 0 Å². The molecule has 1 aliphatic rings. The van der Waals surface area contributed by atoms with E-state index in [1.54, 1.807) is 0 Å². The van der Waals surface area contributed by atoms with Crippen molar-refractivity contribution >= 4 is 16.9 Å². The fraction of sp³-hybridized carbons (Fsp3) is 0.455. The van der Waals surface area contributed by atoms with Crippen molar-refractivity contribution in [2.45, 2.75) is 45.4 Å². The molecule has 2 aromatic heterocycles. The standard InChI is InChI=1S/C22H29N5O2/c1-2-18(28)15-29-22-24-20(23)19-9-12-27(21(19)25-22)14-17-7-5-16(6-8-17)13-26-10-3-4-11-26/h5-9,12,18,28H,2-4,10-11,13-15H2,1H3,(H2,23,24,25)/t18-/m0/s1. The Morgan fingerprint density at radius 3 is 2.45 bits per heavy atom. The van der Waals surface area contributed by atoms with Gasteiger partial charge < -0.3 is 20.1 Å². The third-order valence-corrected chi connectivity index (χ3v) is 5.48. The largest absolute Gasteiger partial charge is 0.461 e. The SMILES string of the molecule is CC[C@H](O)COc1nc(N)c2ccn(Cc3ccc(CN4CCCC4)cc3)c2n1. The first-order valence-corrected chi connectivity index (χ1v) is 10.4. The summed E-state index contributed by atoms with van der Waals surface area (Å²) in [4.78, 5) is 11.2. The maximum Gasteiger partial charge on any atom is 0.320 e. The predicted molar refractivity (Wildman–Crippen MR) is 114 cm³/mol. The summed E-state index contributed by atoms with van der Waals surface area (Å²) < 4.78 is 7.58. The number of hydrogen-bond acceptors (Lipinski definition) is 6. The number of fused-ring (bicyclic) bond motifs is 1. The molecule has 1 aliphatic heterocycles. The molecule has 29 heavy (non-hydrogen) atoms. The Bertz CT molecular complexity index is 948. The van der Waals surface area contributed by atoms with E-state index in [9.17, 15) is 5.11 Å². The van der Waals surface area contributed by atoms with E-state index in [4.69, 9.17) is 10.5 Å². The Kier molecular flexibility index (Phi) is 5.97. The highest BCUT2D eigenvalue weighted by atomic mass is 16.5. The van der Waals surface area contributed by atoms with Gasteiger partial charge in [-0.05, 0) is 49.5 Å². The zero-order valence-corrected chi connectivity index (χ0v) is 16.9.